The number of hydrogen-bond donors (Lipinski definition) is 1. The van der Waals surface area contributed by atoms with Crippen LogP contribution in [0.1, 0.15) is 28.2 Å². The van der Waals surface area contributed by atoms with Crippen molar-refractivity contribution in [1.82, 2.24) is 14.3 Å². The number of cyclic esters (lactones) is 1. The van der Waals surface area contributed by atoms with Gasteiger partial charge in [-0.05, 0) is 24.5 Å². The Balaban J connectivity index is 1.46. The molecule has 4 rings (SSSR count). The van der Waals surface area contributed by atoms with Crippen molar-refractivity contribution in [2.24, 2.45) is 5.92 Å². The van der Waals surface area contributed by atoms with E-state index >= 15 is 0 Å². The van der Waals surface area contributed by atoms with Gasteiger partial charge < -0.3 is 9.30 Å². The SMILES string of the molecule is O=C1OCc2ccc(S(=O)(=O)NCC3CCn4ccnc4C3)cc21. The van der Waals surface area contributed by atoms with Gasteiger partial charge in [-0.1, -0.05) is 6.07 Å². The molecule has 0 aliphatic carbocycles. The Labute approximate surface area is 139 Å². The average Bonchev–Trinajstić information content (AvgIpc) is 3.19. The fourth-order valence-corrected chi connectivity index (χ4v) is 4.30. The first-order valence-electron chi connectivity index (χ1n) is 7.83. The number of hydrogen-bond acceptors (Lipinski definition) is 5. The summed E-state index contributed by atoms with van der Waals surface area (Å²) in [7, 11) is -3.65. The summed E-state index contributed by atoms with van der Waals surface area (Å²) in [5, 5.41) is 0. The lowest BCUT2D eigenvalue weighted by molar-refractivity contribution is 0.0535. The molecule has 8 heteroatoms. The predicted octanol–water partition coefficient (Wildman–Crippen LogP) is 1.09. The van der Waals surface area contributed by atoms with E-state index in [1.54, 1.807) is 12.3 Å². The number of carbonyl (C=O) groups is 1. The van der Waals surface area contributed by atoms with Gasteiger partial charge in [0.25, 0.3) is 0 Å². The number of aryl methyl sites for hydroxylation is 1. The van der Waals surface area contributed by atoms with Crippen molar-refractivity contribution >= 4 is 16.0 Å². The lowest BCUT2D eigenvalue weighted by Crippen LogP contribution is -2.33. The van der Waals surface area contributed by atoms with E-state index in [4.69, 9.17) is 4.74 Å². The fourth-order valence-electron chi connectivity index (χ4n) is 3.16. The van der Waals surface area contributed by atoms with Crippen LogP contribution in [0.25, 0.3) is 0 Å². The van der Waals surface area contributed by atoms with Crippen LogP contribution >= 0.6 is 0 Å². The highest BCUT2D eigenvalue weighted by Gasteiger charge is 2.26. The second-order valence-corrected chi connectivity index (χ2v) is 7.91. The van der Waals surface area contributed by atoms with Crippen LogP contribution in [0.15, 0.2) is 35.5 Å². The number of aromatic nitrogens is 2. The molecule has 1 aromatic carbocycles. The van der Waals surface area contributed by atoms with Gasteiger partial charge in [-0.15, -0.1) is 0 Å². The van der Waals surface area contributed by atoms with Gasteiger partial charge in [0, 0.05) is 37.5 Å². The maximum Gasteiger partial charge on any atom is 0.338 e. The maximum atomic E-state index is 12.5. The molecule has 126 valence electrons. The van der Waals surface area contributed by atoms with Crippen LogP contribution in [0.5, 0.6) is 0 Å². The Morgan fingerprint density at radius 2 is 2.25 bits per heavy atom. The number of esters is 1. The van der Waals surface area contributed by atoms with Gasteiger partial charge in [0.15, 0.2) is 0 Å². The minimum atomic E-state index is -3.65. The van der Waals surface area contributed by atoms with Gasteiger partial charge >= 0.3 is 5.97 Å². The van der Waals surface area contributed by atoms with Gasteiger partial charge in [0.1, 0.15) is 12.4 Å². The van der Waals surface area contributed by atoms with E-state index in [2.05, 4.69) is 14.3 Å². The molecule has 2 aliphatic rings. The van der Waals surface area contributed by atoms with E-state index in [0.717, 1.165) is 30.8 Å². The molecule has 0 saturated carbocycles. The molecule has 1 unspecified atom stereocenters. The zero-order valence-electron chi connectivity index (χ0n) is 12.9. The number of rotatable bonds is 4. The number of carbonyl (C=O) groups excluding carboxylic acids is 1. The molecule has 0 amide bonds. The number of ether oxygens (including phenoxy) is 1. The Hall–Kier alpha value is -2.19. The summed E-state index contributed by atoms with van der Waals surface area (Å²) in [4.78, 5) is 16.0. The third-order valence-electron chi connectivity index (χ3n) is 4.58. The van der Waals surface area contributed by atoms with E-state index < -0.39 is 16.0 Å². The summed E-state index contributed by atoms with van der Waals surface area (Å²) >= 11 is 0. The zero-order chi connectivity index (χ0) is 16.7. The summed E-state index contributed by atoms with van der Waals surface area (Å²) < 4.78 is 34.6. The van der Waals surface area contributed by atoms with Crippen molar-refractivity contribution in [2.75, 3.05) is 6.54 Å². The number of benzene rings is 1. The fraction of sp³-hybridized carbons (Fsp3) is 0.375. The molecule has 24 heavy (non-hydrogen) atoms. The summed E-state index contributed by atoms with van der Waals surface area (Å²) in [6.45, 7) is 1.42. The molecular formula is C16H17N3O4S. The van der Waals surface area contributed by atoms with Crippen molar-refractivity contribution in [3.63, 3.8) is 0 Å². The van der Waals surface area contributed by atoms with E-state index in [9.17, 15) is 13.2 Å². The highest BCUT2D eigenvalue weighted by molar-refractivity contribution is 7.89. The molecule has 2 aromatic rings. The van der Waals surface area contributed by atoms with E-state index in [-0.39, 0.29) is 17.4 Å². The number of nitrogens with zero attached hydrogens (tertiary/aromatic N) is 2. The van der Waals surface area contributed by atoms with Crippen LogP contribution in [0.2, 0.25) is 0 Å². The van der Waals surface area contributed by atoms with Crippen LogP contribution in [0.4, 0.5) is 0 Å². The third kappa shape index (κ3) is 2.71. The lowest BCUT2D eigenvalue weighted by Gasteiger charge is -2.23. The van der Waals surface area contributed by atoms with Crippen LogP contribution in [0.3, 0.4) is 0 Å². The van der Waals surface area contributed by atoms with Crippen LogP contribution in [-0.4, -0.2) is 30.5 Å². The summed E-state index contributed by atoms with van der Waals surface area (Å²) in [6.07, 6.45) is 5.37. The molecule has 0 saturated heterocycles. The van der Waals surface area contributed by atoms with Gasteiger partial charge in [-0.25, -0.2) is 22.9 Å². The second kappa shape index (κ2) is 5.71. The predicted molar refractivity (Wildman–Crippen MR) is 84.8 cm³/mol. The smallest absolute Gasteiger partial charge is 0.338 e. The molecule has 3 heterocycles. The first-order valence-corrected chi connectivity index (χ1v) is 9.31. The lowest BCUT2D eigenvalue weighted by atomic mass is 9.98. The average molecular weight is 347 g/mol. The monoisotopic (exact) mass is 347 g/mol. The van der Waals surface area contributed by atoms with Crippen LogP contribution < -0.4 is 4.72 Å². The Kier molecular flexibility index (Phi) is 3.65. The minimum Gasteiger partial charge on any atom is -0.457 e. The molecule has 1 atom stereocenters. The largest absolute Gasteiger partial charge is 0.457 e. The molecule has 0 fully saturated rings. The van der Waals surface area contributed by atoms with Crippen LogP contribution in [0, 0.1) is 5.92 Å². The van der Waals surface area contributed by atoms with E-state index in [0.29, 0.717) is 12.1 Å². The molecule has 7 nitrogen and oxygen atoms in total. The molecule has 2 aliphatic heterocycles. The Morgan fingerprint density at radius 3 is 3.12 bits per heavy atom. The van der Waals surface area contributed by atoms with Crippen molar-refractivity contribution in [1.29, 1.82) is 0 Å². The summed E-state index contributed by atoms with van der Waals surface area (Å²) in [6, 6.07) is 4.53. The topological polar surface area (TPSA) is 90.3 Å². The molecule has 1 aromatic heterocycles. The van der Waals surface area contributed by atoms with Crippen molar-refractivity contribution in [3.8, 4) is 0 Å². The van der Waals surface area contributed by atoms with E-state index in [1.165, 1.54) is 12.1 Å². The van der Waals surface area contributed by atoms with Gasteiger partial charge in [-0.2, -0.15) is 0 Å². The number of sulfonamides is 1. The number of fused-ring (bicyclic) bond motifs is 2. The second-order valence-electron chi connectivity index (χ2n) is 6.14. The highest BCUT2D eigenvalue weighted by atomic mass is 32.2. The number of imidazole rings is 1. The van der Waals surface area contributed by atoms with Gasteiger partial charge in [0.2, 0.25) is 10.0 Å². The minimum absolute atomic E-state index is 0.0948. The van der Waals surface area contributed by atoms with E-state index in [1.807, 2.05) is 6.20 Å². The normalized spacial score (nSPS) is 19.7. The summed E-state index contributed by atoms with van der Waals surface area (Å²) in [5.74, 6) is 0.737. The van der Waals surface area contributed by atoms with Crippen molar-refractivity contribution in [3.05, 3.63) is 47.5 Å². The van der Waals surface area contributed by atoms with Crippen LogP contribution in [-0.2, 0) is 34.3 Å². The van der Waals surface area contributed by atoms with Gasteiger partial charge in [-0.3, -0.25) is 0 Å². The quantitative estimate of drug-likeness (QED) is 0.836. The number of nitrogens with one attached hydrogen (secondary N) is 1. The first kappa shape index (κ1) is 15.3. The Bertz CT molecular complexity index is 904. The third-order valence-corrected chi connectivity index (χ3v) is 6.00. The Morgan fingerprint density at radius 1 is 1.38 bits per heavy atom. The molecule has 1 N–H and O–H groups in total. The van der Waals surface area contributed by atoms with Gasteiger partial charge in [0.05, 0.1) is 10.5 Å². The molecule has 0 bridgehead atoms. The summed E-state index contributed by atoms with van der Waals surface area (Å²) in [5.41, 5.74) is 1.05. The van der Waals surface area contributed by atoms with Crippen molar-refractivity contribution < 1.29 is 17.9 Å². The first-order chi connectivity index (χ1) is 11.5. The molecular weight excluding hydrogens is 330 g/mol. The zero-order valence-corrected chi connectivity index (χ0v) is 13.8. The molecule has 0 radical (unpaired) electrons. The highest BCUT2D eigenvalue weighted by Crippen LogP contribution is 2.24. The molecule has 0 spiro atoms. The maximum absolute atomic E-state index is 12.5. The standard InChI is InChI=1S/C16H17N3O4S/c20-16-14-8-13(2-1-12(14)10-23-16)24(21,22)18-9-11-3-5-19-6-4-17-15(19)7-11/h1-2,4,6,8,11,18H,3,5,7,9-10H2. The van der Waals surface area contributed by atoms with Crippen molar-refractivity contribution in [2.45, 2.75) is 30.9 Å².